The van der Waals surface area contributed by atoms with Crippen LogP contribution in [0.5, 0.6) is 0 Å². The maximum absolute atomic E-state index is 11.1. The SMILES string of the molecule is O=C(F)NSCCl. The van der Waals surface area contributed by atoms with E-state index in [2.05, 4.69) is 0 Å². The van der Waals surface area contributed by atoms with Crippen molar-refractivity contribution in [2.75, 3.05) is 5.21 Å². The van der Waals surface area contributed by atoms with E-state index in [1.807, 2.05) is 0 Å². The van der Waals surface area contributed by atoms with Gasteiger partial charge in [0.2, 0.25) is 0 Å². The van der Waals surface area contributed by atoms with Crippen molar-refractivity contribution in [3.8, 4) is 0 Å². The molecule has 7 heavy (non-hydrogen) atoms. The van der Waals surface area contributed by atoms with Gasteiger partial charge in [0.15, 0.2) is 0 Å². The average molecular weight is 144 g/mol. The molecule has 1 N–H and O–H groups in total. The second-order valence-corrected chi connectivity index (χ2v) is 1.99. The van der Waals surface area contributed by atoms with Crippen LogP contribution >= 0.6 is 23.5 Å². The van der Waals surface area contributed by atoms with Gasteiger partial charge >= 0.3 is 6.16 Å². The molecule has 0 aromatic heterocycles. The van der Waals surface area contributed by atoms with Gasteiger partial charge in [-0.3, -0.25) is 4.72 Å². The van der Waals surface area contributed by atoms with Crippen LogP contribution in [0.1, 0.15) is 0 Å². The number of carbonyl (C=O) groups is 1. The lowest BCUT2D eigenvalue weighted by Crippen LogP contribution is -2.05. The topological polar surface area (TPSA) is 29.1 Å². The molecule has 5 heteroatoms. The molecule has 0 aliphatic carbocycles. The average Bonchev–Trinajstić information content (AvgIpc) is 1.61. The normalized spacial score (nSPS) is 8.29. The van der Waals surface area contributed by atoms with Gasteiger partial charge < -0.3 is 0 Å². The fraction of sp³-hybridized carbons (Fsp3) is 0.500. The van der Waals surface area contributed by atoms with Crippen molar-refractivity contribution < 1.29 is 9.18 Å². The highest BCUT2D eigenvalue weighted by Crippen LogP contribution is 1.94. The largest absolute Gasteiger partial charge is 0.407 e. The molecule has 0 unspecified atom stereocenters. The third kappa shape index (κ3) is 6.04. The molecule has 0 saturated carbocycles. The summed E-state index contributed by atoms with van der Waals surface area (Å²) in [5.41, 5.74) is 0. The summed E-state index contributed by atoms with van der Waals surface area (Å²) < 4.78 is 12.8. The molecule has 0 radical (unpaired) electrons. The lowest BCUT2D eigenvalue weighted by Gasteiger charge is -1.87. The summed E-state index contributed by atoms with van der Waals surface area (Å²) in [6.45, 7) is 0. The Bertz CT molecular complexity index is 70.7. The zero-order valence-corrected chi connectivity index (χ0v) is 4.85. The second-order valence-electron chi connectivity index (χ2n) is 0.629. The number of carbonyl (C=O) groups excluding carboxylic acids is 1. The van der Waals surface area contributed by atoms with Crippen LogP contribution in [-0.4, -0.2) is 11.4 Å². The smallest absolute Gasteiger partial charge is 0.270 e. The Labute approximate surface area is 49.5 Å². The summed E-state index contributed by atoms with van der Waals surface area (Å²) >= 11 is 5.83. The van der Waals surface area contributed by atoms with Crippen LogP contribution in [0.4, 0.5) is 9.18 Å². The molecule has 0 aliphatic heterocycles. The minimum Gasteiger partial charge on any atom is -0.270 e. The lowest BCUT2D eigenvalue weighted by atomic mass is 11.4. The fourth-order valence-electron chi connectivity index (χ4n) is 0.0840. The molecule has 0 aromatic carbocycles. The Morgan fingerprint density at radius 3 is 2.71 bits per heavy atom. The van der Waals surface area contributed by atoms with Crippen molar-refractivity contribution in [3.05, 3.63) is 0 Å². The van der Waals surface area contributed by atoms with Crippen molar-refractivity contribution in [2.45, 2.75) is 0 Å². The summed E-state index contributed by atoms with van der Waals surface area (Å²) in [7, 11) is 0. The summed E-state index contributed by atoms with van der Waals surface area (Å²) in [6, 6.07) is 0. The molecule has 0 spiro atoms. The zero-order valence-electron chi connectivity index (χ0n) is 3.28. The Kier molecular flexibility index (Phi) is 4.23. The molecule has 0 saturated heterocycles. The van der Waals surface area contributed by atoms with Gasteiger partial charge in [-0.1, -0.05) is 0 Å². The highest BCUT2D eigenvalue weighted by Gasteiger charge is 1.90. The van der Waals surface area contributed by atoms with Gasteiger partial charge in [0.25, 0.3) is 0 Å². The van der Waals surface area contributed by atoms with Crippen LogP contribution in [-0.2, 0) is 0 Å². The van der Waals surface area contributed by atoms with E-state index < -0.39 is 6.16 Å². The van der Waals surface area contributed by atoms with E-state index in [1.54, 1.807) is 4.72 Å². The third-order valence-electron chi connectivity index (χ3n) is 0.207. The summed E-state index contributed by atoms with van der Waals surface area (Å²) in [5.74, 6) is 0. The maximum atomic E-state index is 11.1. The molecule has 0 fully saturated rings. The van der Waals surface area contributed by atoms with E-state index in [4.69, 9.17) is 11.6 Å². The Balaban J connectivity index is 2.82. The van der Waals surface area contributed by atoms with E-state index >= 15 is 0 Å². The van der Waals surface area contributed by atoms with Gasteiger partial charge in [-0.05, 0) is 11.9 Å². The fourth-order valence-corrected chi connectivity index (χ4v) is 0.416. The van der Waals surface area contributed by atoms with Crippen molar-refractivity contribution in [2.24, 2.45) is 0 Å². The number of amides is 1. The van der Waals surface area contributed by atoms with Gasteiger partial charge in [0.1, 0.15) is 0 Å². The molecule has 0 aliphatic rings. The van der Waals surface area contributed by atoms with E-state index in [0.717, 1.165) is 11.9 Å². The maximum Gasteiger partial charge on any atom is 0.407 e. The predicted molar refractivity (Wildman–Crippen MR) is 28.0 cm³/mol. The van der Waals surface area contributed by atoms with Crippen molar-refractivity contribution >= 4 is 29.7 Å². The first-order valence-corrected chi connectivity index (χ1v) is 2.92. The first-order chi connectivity index (χ1) is 3.27. The van der Waals surface area contributed by atoms with E-state index in [9.17, 15) is 9.18 Å². The molecule has 42 valence electrons. The van der Waals surface area contributed by atoms with Crippen LogP contribution in [0.2, 0.25) is 0 Å². The van der Waals surface area contributed by atoms with Crippen LogP contribution in [0.25, 0.3) is 0 Å². The lowest BCUT2D eigenvalue weighted by molar-refractivity contribution is 0.228. The van der Waals surface area contributed by atoms with Crippen LogP contribution in [0.15, 0.2) is 0 Å². The Hall–Kier alpha value is 0.0400. The van der Waals surface area contributed by atoms with Crippen LogP contribution in [0.3, 0.4) is 0 Å². The number of hydrogen-bond acceptors (Lipinski definition) is 2. The molecule has 0 aromatic rings. The monoisotopic (exact) mass is 143 g/mol. The summed E-state index contributed by atoms with van der Waals surface area (Å²) in [5, 5.41) is 0.162. The molecule has 0 atom stereocenters. The van der Waals surface area contributed by atoms with Gasteiger partial charge in [-0.2, -0.15) is 0 Å². The standard InChI is InChI=1S/C2H3ClFNOS/c3-1-7-5-2(4)6/h1H2,(H,5,6). The molecule has 0 rings (SSSR count). The highest BCUT2D eigenvalue weighted by molar-refractivity contribution is 7.98. The zero-order chi connectivity index (χ0) is 5.70. The molecular formula is C2H3ClFNOS. The van der Waals surface area contributed by atoms with Crippen molar-refractivity contribution in [1.82, 2.24) is 4.72 Å². The van der Waals surface area contributed by atoms with Crippen LogP contribution < -0.4 is 4.72 Å². The number of alkyl halides is 1. The first-order valence-electron chi connectivity index (χ1n) is 1.40. The minimum atomic E-state index is -1.56. The van der Waals surface area contributed by atoms with E-state index in [0.29, 0.717) is 0 Å². The van der Waals surface area contributed by atoms with E-state index in [-0.39, 0.29) is 5.21 Å². The second kappa shape index (κ2) is 4.21. The molecule has 0 heterocycles. The highest BCUT2D eigenvalue weighted by atomic mass is 35.5. The Morgan fingerprint density at radius 2 is 2.57 bits per heavy atom. The van der Waals surface area contributed by atoms with Crippen molar-refractivity contribution in [3.63, 3.8) is 0 Å². The first kappa shape index (κ1) is 7.04. The quantitative estimate of drug-likeness (QED) is 0.275. The van der Waals surface area contributed by atoms with Gasteiger partial charge in [-0.25, -0.2) is 4.79 Å². The number of halogens is 2. The molecule has 0 bridgehead atoms. The minimum absolute atomic E-state index is 0.162. The van der Waals surface area contributed by atoms with Gasteiger partial charge in [0.05, 0.1) is 5.21 Å². The van der Waals surface area contributed by atoms with E-state index in [1.165, 1.54) is 0 Å². The molecule has 1 amide bonds. The molecule has 2 nitrogen and oxygen atoms in total. The predicted octanol–water partition coefficient (Wildman–Crippen LogP) is 1.51. The van der Waals surface area contributed by atoms with Gasteiger partial charge in [0, 0.05) is 0 Å². The summed E-state index contributed by atoms with van der Waals surface area (Å²) in [4.78, 5) is 9.35. The number of hydrogen-bond donors (Lipinski definition) is 1. The molecular weight excluding hydrogens is 141 g/mol. The number of nitrogens with one attached hydrogen (secondary N) is 1. The van der Waals surface area contributed by atoms with Gasteiger partial charge in [-0.15, -0.1) is 16.0 Å². The van der Waals surface area contributed by atoms with Crippen LogP contribution in [0, 0.1) is 0 Å². The van der Waals surface area contributed by atoms with Crippen molar-refractivity contribution in [1.29, 1.82) is 0 Å². The number of rotatable bonds is 2. The third-order valence-corrected chi connectivity index (χ3v) is 0.948. The summed E-state index contributed by atoms with van der Waals surface area (Å²) in [6.07, 6.45) is -1.56. The Morgan fingerprint density at radius 1 is 2.00 bits per heavy atom.